The first-order chi connectivity index (χ1) is 16.6. The first-order valence-electron chi connectivity index (χ1n) is 11.2. The Morgan fingerprint density at radius 1 is 1.34 bits per heavy atom. The van der Waals surface area contributed by atoms with E-state index in [2.05, 4.69) is 26.9 Å². The van der Waals surface area contributed by atoms with Gasteiger partial charge in [0.1, 0.15) is 17.3 Å². The van der Waals surface area contributed by atoms with Gasteiger partial charge >= 0.3 is 6.18 Å². The molecule has 0 radical (unpaired) electrons. The molecule has 35 heavy (non-hydrogen) atoms. The fourth-order valence-corrected chi connectivity index (χ4v) is 4.29. The third kappa shape index (κ3) is 5.55. The van der Waals surface area contributed by atoms with Gasteiger partial charge in [-0.05, 0) is 50.7 Å². The zero-order valence-corrected chi connectivity index (χ0v) is 19.5. The van der Waals surface area contributed by atoms with Crippen LogP contribution in [0.2, 0.25) is 0 Å². The number of nitrogens with zero attached hydrogens (tertiary/aromatic N) is 4. The largest absolute Gasteiger partial charge is 0.441 e. The van der Waals surface area contributed by atoms with Crippen molar-refractivity contribution in [2.75, 3.05) is 13.1 Å². The quantitative estimate of drug-likeness (QED) is 0.575. The number of rotatable bonds is 7. The molecule has 3 atom stereocenters. The van der Waals surface area contributed by atoms with Gasteiger partial charge in [-0.15, -0.1) is 0 Å². The normalized spacial score (nSPS) is 22.3. The fourth-order valence-electron chi connectivity index (χ4n) is 4.29. The minimum absolute atomic E-state index is 0.0450. The van der Waals surface area contributed by atoms with Gasteiger partial charge in [0, 0.05) is 37.2 Å². The van der Waals surface area contributed by atoms with E-state index < -0.39 is 11.7 Å². The number of hydrogen-bond donors (Lipinski definition) is 2. The van der Waals surface area contributed by atoms with Gasteiger partial charge in [0.25, 0.3) is 5.91 Å². The van der Waals surface area contributed by atoms with Gasteiger partial charge in [-0.3, -0.25) is 4.79 Å². The van der Waals surface area contributed by atoms with Gasteiger partial charge in [-0.2, -0.15) is 13.2 Å². The molecule has 4 rings (SSSR count). The number of aliphatic imine (C=N–C) groups is 1. The Morgan fingerprint density at radius 3 is 2.77 bits per heavy atom. The zero-order chi connectivity index (χ0) is 25.3. The Balaban J connectivity index is 1.51. The van der Waals surface area contributed by atoms with Gasteiger partial charge < -0.3 is 20.4 Å². The number of likely N-dealkylation sites (tertiary alicyclic amines) is 1. The summed E-state index contributed by atoms with van der Waals surface area (Å²) in [5.74, 6) is 1.72. The van der Waals surface area contributed by atoms with Crippen LogP contribution < -0.4 is 11.1 Å². The molecule has 1 saturated heterocycles. The highest BCUT2D eigenvalue weighted by molar-refractivity contribution is 5.98. The lowest BCUT2D eigenvalue weighted by atomic mass is 10.0. The van der Waals surface area contributed by atoms with Crippen LogP contribution in [0.3, 0.4) is 0 Å². The molecule has 1 saturated carbocycles. The number of oxazole rings is 1. The van der Waals surface area contributed by atoms with E-state index in [4.69, 9.17) is 10.2 Å². The van der Waals surface area contributed by atoms with E-state index in [1.165, 1.54) is 0 Å². The van der Waals surface area contributed by atoms with Crippen LogP contribution in [-0.4, -0.2) is 52.3 Å². The number of halogens is 3. The first-order valence-corrected chi connectivity index (χ1v) is 11.2. The standard InChI is InChI=1S/C24H27F3N6O2/c1-13-4-5-20(22-31-9-14(2)35-22)21(32-13)23(34)33-12-17-6-16(17)7-19(33)11-30-15(3)29-10-18(8-28)24(25,26)27/h4-5,8-10,16-17,19,30H,3,6-7,11-12,28H2,1-2H3/b18-8+,29-10?. The Hall–Kier alpha value is -3.63. The molecule has 2 aromatic heterocycles. The van der Waals surface area contributed by atoms with Gasteiger partial charge in [-0.25, -0.2) is 15.0 Å². The lowest BCUT2D eigenvalue weighted by Gasteiger charge is -2.36. The predicted octanol–water partition coefficient (Wildman–Crippen LogP) is 3.74. The van der Waals surface area contributed by atoms with Crippen molar-refractivity contribution in [2.45, 2.75) is 38.9 Å². The van der Waals surface area contributed by atoms with Crippen molar-refractivity contribution in [3.05, 3.63) is 59.7 Å². The SMILES string of the molecule is C=C(N=C/C(=C\N)C(F)(F)F)NCC1CC2CC2CN1C(=O)c1nc(C)ccc1-c1ncc(C)o1. The van der Waals surface area contributed by atoms with Crippen LogP contribution in [0.5, 0.6) is 0 Å². The van der Waals surface area contributed by atoms with Crippen LogP contribution in [0.25, 0.3) is 11.5 Å². The number of piperidine rings is 1. The molecular weight excluding hydrogens is 461 g/mol. The molecule has 1 amide bonds. The van der Waals surface area contributed by atoms with Gasteiger partial charge in [0.2, 0.25) is 5.89 Å². The maximum atomic E-state index is 13.7. The van der Waals surface area contributed by atoms with E-state index in [9.17, 15) is 18.0 Å². The highest BCUT2D eigenvalue weighted by atomic mass is 19.4. The molecule has 1 aliphatic carbocycles. The summed E-state index contributed by atoms with van der Waals surface area (Å²) in [7, 11) is 0. The van der Waals surface area contributed by atoms with E-state index in [0.717, 1.165) is 12.8 Å². The molecule has 0 bridgehead atoms. The average Bonchev–Trinajstić information content (AvgIpc) is 3.44. The Morgan fingerprint density at radius 2 is 2.11 bits per heavy atom. The second-order valence-electron chi connectivity index (χ2n) is 8.93. The second-order valence-corrected chi connectivity index (χ2v) is 8.93. The van der Waals surface area contributed by atoms with Crippen molar-refractivity contribution in [2.24, 2.45) is 22.6 Å². The van der Waals surface area contributed by atoms with Crippen molar-refractivity contribution >= 4 is 12.1 Å². The molecule has 0 aromatic carbocycles. The number of aromatic nitrogens is 2. The highest BCUT2D eigenvalue weighted by Crippen LogP contribution is 2.47. The molecule has 2 fully saturated rings. The van der Waals surface area contributed by atoms with Crippen LogP contribution >= 0.6 is 0 Å². The smallest absolute Gasteiger partial charge is 0.419 e. The van der Waals surface area contributed by atoms with E-state index >= 15 is 0 Å². The molecular formula is C24H27F3N6O2. The monoisotopic (exact) mass is 488 g/mol. The van der Waals surface area contributed by atoms with Crippen molar-refractivity contribution in [1.82, 2.24) is 20.2 Å². The summed E-state index contributed by atoms with van der Waals surface area (Å²) in [6, 6.07) is 3.37. The maximum Gasteiger partial charge on any atom is 0.419 e. The molecule has 3 heterocycles. The lowest BCUT2D eigenvalue weighted by Crippen LogP contribution is -2.49. The fraction of sp³-hybridized carbons (Fsp3) is 0.417. The number of alkyl halides is 3. The Labute approximate surface area is 200 Å². The predicted molar refractivity (Wildman–Crippen MR) is 124 cm³/mol. The number of hydrogen-bond acceptors (Lipinski definition) is 7. The van der Waals surface area contributed by atoms with Crippen molar-refractivity contribution < 1.29 is 22.4 Å². The summed E-state index contributed by atoms with van der Waals surface area (Å²) in [5.41, 5.74) is 5.43. The van der Waals surface area contributed by atoms with Gasteiger partial charge in [0.05, 0.1) is 17.3 Å². The molecule has 3 N–H and O–H groups in total. The second kappa shape index (κ2) is 9.55. The van der Waals surface area contributed by atoms with Crippen LogP contribution in [0.15, 0.2) is 51.9 Å². The lowest BCUT2D eigenvalue weighted by molar-refractivity contribution is -0.0857. The number of fused-ring (bicyclic) bond motifs is 1. The maximum absolute atomic E-state index is 13.7. The summed E-state index contributed by atoms with van der Waals surface area (Å²) in [6.45, 7) is 8.12. The molecule has 2 aromatic rings. The number of allylic oxidation sites excluding steroid dienone is 1. The topological polar surface area (TPSA) is 110 Å². The van der Waals surface area contributed by atoms with Crippen LogP contribution in [-0.2, 0) is 0 Å². The number of nitrogens with one attached hydrogen (secondary N) is 1. The molecule has 0 spiro atoms. The van der Waals surface area contributed by atoms with E-state index in [-0.39, 0.29) is 30.0 Å². The van der Waals surface area contributed by atoms with Crippen LogP contribution in [0, 0.1) is 25.7 Å². The first kappa shape index (κ1) is 24.5. The van der Waals surface area contributed by atoms with Gasteiger partial charge in [0.15, 0.2) is 0 Å². The minimum atomic E-state index is -4.61. The van der Waals surface area contributed by atoms with Crippen LogP contribution in [0.1, 0.15) is 34.8 Å². The summed E-state index contributed by atoms with van der Waals surface area (Å²) in [4.78, 5) is 28.0. The van der Waals surface area contributed by atoms with Gasteiger partial charge in [-0.1, -0.05) is 6.58 Å². The summed E-state index contributed by atoms with van der Waals surface area (Å²) < 4.78 is 44.1. The Bertz CT molecular complexity index is 1190. The van der Waals surface area contributed by atoms with E-state index in [1.54, 1.807) is 37.1 Å². The van der Waals surface area contributed by atoms with Crippen molar-refractivity contribution in [3.63, 3.8) is 0 Å². The number of pyridine rings is 1. The number of amides is 1. The third-order valence-electron chi connectivity index (χ3n) is 6.27. The molecule has 2 aliphatic rings. The average molecular weight is 489 g/mol. The molecule has 8 nitrogen and oxygen atoms in total. The molecule has 11 heteroatoms. The number of carbonyl (C=O) groups excluding carboxylic acids is 1. The summed E-state index contributed by atoms with van der Waals surface area (Å²) in [5, 5.41) is 2.95. The number of carbonyl (C=O) groups is 1. The third-order valence-corrected chi connectivity index (χ3v) is 6.27. The highest BCUT2D eigenvalue weighted by Gasteiger charge is 2.47. The van der Waals surface area contributed by atoms with E-state index in [0.29, 0.717) is 53.7 Å². The van der Waals surface area contributed by atoms with Crippen molar-refractivity contribution in [3.8, 4) is 11.5 Å². The number of aryl methyl sites for hydroxylation is 2. The minimum Gasteiger partial charge on any atom is -0.441 e. The molecule has 186 valence electrons. The number of nitrogens with two attached hydrogens (primary N) is 1. The summed E-state index contributed by atoms with van der Waals surface area (Å²) >= 11 is 0. The Kier molecular flexibility index (Phi) is 6.68. The molecule has 3 unspecified atom stereocenters. The van der Waals surface area contributed by atoms with E-state index in [1.807, 2.05) is 0 Å². The van der Waals surface area contributed by atoms with Crippen molar-refractivity contribution in [1.29, 1.82) is 0 Å². The molecule has 1 aliphatic heterocycles. The summed E-state index contributed by atoms with van der Waals surface area (Å²) in [6.07, 6.45) is -0.127. The van der Waals surface area contributed by atoms with Crippen LogP contribution in [0.4, 0.5) is 13.2 Å². The zero-order valence-electron chi connectivity index (χ0n) is 19.5.